The number of rotatable bonds is 2. The van der Waals surface area contributed by atoms with Crippen LogP contribution in [0.4, 0.5) is 0 Å². The van der Waals surface area contributed by atoms with Crippen LogP contribution in [0.1, 0.15) is 58.1 Å². The van der Waals surface area contributed by atoms with Gasteiger partial charge in [0.15, 0.2) is 0 Å². The molecule has 2 aliphatic rings. The molecule has 1 amide bonds. The summed E-state index contributed by atoms with van der Waals surface area (Å²) in [6, 6.07) is 7.23. The predicted molar refractivity (Wildman–Crippen MR) is 89.1 cm³/mol. The Morgan fingerprint density at radius 1 is 1.30 bits per heavy atom. The summed E-state index contributed by atoms with van der Waals surface area (Å²) in [7, 11) is 0. The van der Waals surface area contributed by atoms with Crippen molar-refractivity contribution in [1.82, 2.24) is 5.32 Å². The minimum absolute atomic E-state index is 0.0243. The van der Waals surface area contributed by atoms with Gasteiger partial charge < -0.3 is 15.2 Å². The third kappa shape index (κ3) is 3.37. The van der Waals surface area contributed by atoms with E-state index in [0.29, 0.717) is 11.8 Å². The number of hydrogen-bond donors (Lipinski definition) is 2. The average molecular weight is 317 g/mol. The standard InChI is InChI=1S/C19H27NO3/c1-12-4-9-16-17(10-12)23-18(11-19(16,3)20-13(2)21)14-5-7-15(22)8-6-14/h5-8,12,16-18,22H,4,9-11H2,1-3H3,(H,20,21)/t12-,16-,17-,18-,19+/m1/s1. The molecule has 23 heavy (non-hydrogen) atoms. The fourth-order valence-electron chi connectivity index (χ4n) is 4.43. The first-order valence-corrected chi connectivity index (χ1v) is 8.60. The van der Waals surface area contributed by atoms with E-state index < -0.39 is 0 Å². The van der Waals surface area contributed by atoms with Crippen LogP contribution in [0.15, 0.2) is 24.3 Å². The zero-order valence-corrected chi connectivity index (χ0v) is 14.2. The van der Waals surface area contributed by atoms with Crippen molar-refractivity contribution in [1.29, 1.82) is 0 Å². The van der Waals surface area contributed by atoms with Crippen LogP contribution in [0.2, 0.25) is 0 Å². The maximum atomic E-state index is 11.8. The number of nitrogens with one attached hydrogen (secondary N) is 1. The van der Waals surface area contributed by atoms with Gasteiger partial charge in [0.1, 0.15) is 5.75 Å². The molecule has 0 bridgehead atoms. The Morgan fingerprint density at radius 2 is 2.00 bits per heavy atom. The van der Waals surface area contributed by atoms with Crippen LogP contribution in [-0.2, 0) is 9.53 Å². The summed E-state index contributed by atoms with van der Waals surface area (Å²) in [4.78, 5) is 11.8. The predicted octanol–water partition coefficient (Wildman–Crippen LogP) is 3.55. The lowest BCUT2D eigenvalue weighted by Crippen LogP contribution is -2.60. The van der Waals surface area contributed by atoms with E-state index in [0.717, 1.165) is 24.8 Å². The van der Waals surface area contributed by atoms with Crippen molar-refractivity contribution in [2.24, 2.45) is 11.8 Å². The highest BCUT2D eigenvalue weighted by molar-refractivity contribution is 5.73. The number of phenolic OH excluding ortho intramolecular Hbond substituents is 1. The molecule has 1 heterocycles. The highest BCUT2D eigenvalue weighted by atomic mass is 16.5. The monoisotopic (exact) mass is 317 g/mol. The SMILES string of the molecule is CC(=O)N[C@@]1(C)C[C@H](c2ccc(O)cc2)O[C@@H]2C[C@H](C)CC[C@H]21. The molecular weight excluding hydrogens is 290 g/mol. The van der Waals surface area contributed by atoms with Gasteiger partial charge in [-0.3, -0.25) is 4.79 Å². The maximum Gasteiger partial charge on any atom is 0.217 e. The fourth-order valence-corrected chi connectivity index (χ4v) is 4.43. The maximum absolute atomic E-state index is 11.8. The van der Waals surface area contributed by atoms with Crippen LogP contribution in [0, 0.1) is 11.8 Å². The van der Waals surface area contributed by atoms with Crippen LogP contribution >= 0.6 is 0 Å². The lowest BCUT2D eigenvalue weighted by molar-refractivity contribution is -0.153. The van der Waals surface area contributed by atoms with Gasteiger partial charge in [-0.2, -0.15) is 0 Å². The lowest BCUT2D eigenvalue weighted by atomic mass is 9.66. The topological polar surface area (TPSA) is 58.6 Å². The number of fused-ring (bicyclic) bond motifs is 1. The Labute approximate surface area is 138 Å². The number of ether oxygens (including phenoxy) is 1. The van der Waals surface area contributed by atoms with E-state index >= 15 is 0 Å². The molecule has 1 aliphatic carbocycles. The second kappa shape index (κ2) is 6.16. The Morgan fingerprint density at radius 3 is 2.65 bits per heavy atom. The van der Waals surface area contributed by atoms with E-state index in [9.17, 15) is 9.90 Å². The molecule has 2 fully saturated rings. The summed E-state index contributed by atoms with van der Waals surface area (Å²) in [5.74, 6) is 1.32. The van der Waals surface area contributed by atoms with Gasteiger partial charge in [-0.25, -0.2) is 0 Å². The highest BCUT2D eigenvalue weighted by Gasteiger charge is 2.49. The number of amides is 1. The van der Waals surface area contributed by atoms with Crippen molar-refractivity contribution < 1.29 is 14.6 Å². The van der Waals surface area contributed by atoms with Gasteiger partial charge in [0.25, 0.3) is 0 Å². The van der Waals surface area contributed by atoms with Crippen molar-refractivity contribution >= 4 is 5.91 Å². The van der Waals surface area contributed by atoms with Gasteiger partial charge in [-0.1, -0.05) is 25.5 Å². The van der Waals surface area contributed by atoms with Crippen LogP contribution in [0.25, 0.3) is 0 Å². The summed E-state index contributed by atoms with van der Waals surface area (Å²) in [6.45, 7) is 6.04. The second-order valence-corrected chi connectivity index (χ2v) is 7.58. The molecule has 2 N–H and O–H groups in total. The second-order valence-electron chi connectivity index (χ2n) is 7.58. The molecule has 126 valence electrons. The van der Waals surface area contributed by atoms with Crippen molar-refractivity contribution in [2.75, 3.05) is 0 Å². The number of phenols is 1. The van der Waals surface area contributed by atoms with Gasteiger partial charge in [0.05, 0.1) is 12.2 Å². The van der Waals surface area contributed by atoms with E-state index in [2.05, 4.69) is 19.2 Å². The van der Waals surface area contributed by atoms with Gasteiger partial charge in [0.2, 0.25) is 5.91 Å². The first-order valence-electron chi connectivity index (χ1n) is 8.60. The minimum atomic E-state index is -0.239. The summed E-state index contributed by atoms with van der Waals surface area (Å²) in [5, 5.41) is 12.7. The normalized spacial score (nSPS) is 37.0. The van der Waals surface area contributed by atoms with Crippen LogP contribution in [-0.4, -0.2) is 22.7 Å². The third-order valence-corrected chi connectivity index (χ3v) is 5.55. The molecule has 0 radical (unpaired) electrons. The Bertz CT molecular complexity index is 570. The molecule has 0 aromatic heterocycles. The molecule has 0 spiro atoms. The molecule has 3 rings (SSSR count). The number of hydrogen-bond acceptors (Lipinski definition) is 3. The first kappa shape index (κ1) is 16.3. The Hall–Kier alpha value is -1.55. The molecule has 0 unspecified atom stereocenters. The number of benzene rings is 1. The molecule has 1 aromatic carbocycles. The van der Waals surface area contributed by atoms with Crippen LogP contribution < -0.4 is 5.32 Å². The van der Waals surface area contributed by atoms with Crippen LogP contribution in [0.5, 0.6) is 5.75 Å². The van der Waals surface area contributed by atoms with Crippen LogP contribution in [0.3, 0.4) is 0 Å². The molecule has 4 heteroatoms. The van der Waals surface area contributed by atoms with E-state index in [1.165, 1.54) is 6.42 Å². The zero-order valence-electron chi connectivity index (χ0n) is 14.2. The number of aromatic hydroxyl groups is 1. The molecular formula is C19H27NO3. The van der Waals surface area contributed by atoms with Crippen molar-refractivity contribution in [3.63, 3.8) is 0 Å². The van der Waals surface area contributed by atoms with Crippen molar-refractivity contribution in [2.45, 2.75) is 64.2 Å². The molecule has 1 aliphatic heterocycles. The van der Waals surface area contributed by atoms with Gasteiger partial charge in [-0.15, -0.1) is 0 Å². The highest BCUT2D eigenvalue weighted by Crippen LogP contribution is 2.47. The van der Waals surface area contributed by atoms with E-state index in [4.69, 9.17) is 4.74 Å². The van der Waals surface area contributed by atoms with E-state index in [1.54, 1.807) is 19.1 Å². The lowest BCUT2D eigenvalue weighted by Gasteiger charge is -2.52. The van der Waals surface area contributed by atoms with E-state index in [1.807, 2.05) is 12.1 Å². The zero-order chi connectivity index (χ0) is 16.6. The van der Waals surface area contributed by atoms with Crippen molar-refractivity contribution in [3.8, 4) is 5.75 Å². The fraction of sp³-hybridized carbons (Fsp3) is 0.632. The third-order valence-electron chi connectivity index (χ3n) is 5.55. The van der Waals surface area contributed by atoms with Gasteiger partial charge >= 0.3 is 0 Å². The quantitative estimate of drug-likeness (QED) is 0.877. The average Bonchev–Trinajstić information content (AvgIpc) is 2.46. The summed E-state index contributed by atoms with van der Waals surface area (Å²) in [6.07, 6.45) is 4.26. The molecule has 5 atom stereocenters. The van der Waals surface area contributed by atoms with Gasteiger partial charge in [-0.05, 0) is 43.4 Å². The number of carbonyl (C=O) groups is 1. The molecule has 1 saturated carbocycles. The Balaban J connectivity index is 1.88. The summed E-state index contributed by atoms with van der Waals surface area (Å²) in [5.41, 5.74) is 0.827. The Kier molecular flexibility index (Phi) is 4.37. The minimum Gasteiger partial charge on any atom is -0.508 e. The molecule has 1 aromatic rings. The van der Waals surface area contributed by atoms with Gasteiger partial charge in [0, 0.05) is 24.8 Å². The summed E-state index contributed by atoms with van der Waals surface area (Å²) >= 11 is 0. The largest absolute Gasteiger partial charge is 0.508 e. The smallest absolute Gasteiger partial charge is 0.217 e. The van der Waals surface area contributed by atoms with Crippen molar-refractivity contribution in [3.05, 3.63) is 29.8 Å². The summed E-state index contributed by atoms with van der Waals surface area (Å²) < 4.78 is 6.43. The van der Waals surface area contributed by atoms with E-state index in [-0.39, 0.29) is 29.4 Å². The molecule has 1 saturated heterocycles. The molecule has 4 nitrogen and oxygen atoms in total. The first-order chi connectivity index (χ1) is 10.9. The number of carbonyl (C=O) groups excluding carboxylic acids is 1.